The standard InChI is InChI=1S/C11H11ClN2/c1-2-9(13)10-6-7-4-3-5-8(12)11(7)14-10/h2-6,9,14H,1,13H2. The van der Waals surface area contributed by atoms with Gasteiger partial charge in [0.1, 0.15) is 0 Å². The zero-order chi connectivity index (χ0) is 10.1. The van der Waals surface area contributed by atoms with Gasteiger partial charge in [0.25, 0.3) is 0 Å². The number of benzene rings is 1. The molecule has 0 fully saturated rings. The van der Waals surface area contributed by atoms with E-state index in [1.165, 1.54) is 0 Å². The van der Waals surface area contributed by atoms with Gasteiger partial charge in [-0.15, -0.1) is 6.58 Å². The second-order valence-corrected chi connectivity index (χ2v) is 3.60. The fourth-order valence-electron chi connectivity index (χ4n) is 1.45. The summed E-state index contributed by atoms with van der Waals surface area (Å²) in [5, 5.41) is 1.79. The number of fused-ring (bicyclic) bond motifs is 1. The summed E-state index contributed by atoms with van der Waals surface area (Å²) in [6.45, 7) is 3.65. The zero-order valence-corrected chi connectivity index (χ0v) is 8.38. The van der Waals surface area contributed by atoms with Crippen molar-refractivity contribution in [2.45, 2.75) is 6.04 Å². The number of hydrogen-bond donors (Lipinski definition) is 2. The molecule has 1 aromatic heterocycles. The van der Waals surface area contributed by atoms with Gasteiger partial charge >= 0.3 is 0 Å². The van der Waals surface area contributed by atoms with Crippen LogP contribution in [0.2, 0.25) is 5.02 Å². The first-order valence-electron chi connectivity index (χ1n) is 4.37. The number of H-pyrrole nitrogens is 1. The minimum Gasteiger partial charge on any atom is -0.356 e. The monoisotopic (exact) mass is 206 g/mol. The van der Waals surface area contributed by atoms with Crippen LogP contribution in [0.15, 0.2) is 36.9 Å². The first kappa shape index (κ1) is 9.31. The summed E-state index contributed by atoms with van der Waals surface area (Å²) < 4.78 is 0. The van der Waals surface area contributed by atoms with Crippen LogP contribution in [0.25, 0.3) is 10.9 Å². The van der Waals surface area contributed by atoms with Crippen LogP contribution in [0.1, 0.15) is 11.7 Å². The molecule has 0 spiro atoms. The Morgan fingerprint density at radius 3 is 2.93 bits per heavy atom. The van der Waals surface area contributed by atoms with Gasteiger partial charge in [0, 0.05) is 11.1 Å². The number of halogens is 1. The molecule has 2 rings (SSSR count). The Kier molecular flexibility index (Phi) is 2.32. The summed E-state index contributed by atoms with van der Waals surface area (Å²) in [5.41, 5.74) is 7.68. The van der Waals surface area contributed by atoms with E-state index in [4.69, 9.17) is 17.3 Å². The Hall–Kier alpha value is -1.25. The van der Waals surface area contributed by atoms with Crippen molar-refractivity contribution in [3.05, 3.63) is 47.6 Å². The van der Waals surface area contributed by atoms with Gasteiger partial charge in [-0.3, -0.25) is 0 Å². The van der Waals surface area contributed by atoms with Crippen LogP contribution >= 0.6 is 11.6 Å². The smallest absolute Gasteiger partial charge is 0.0647 e. The van der Waals surface area contributed by atoms with E-state index in [0.717, 1.165) is 16.6 Å². The van der Waals surface area contributed by atoms with Crippen LogP contribution < -0.4 is 5.73 Å². The van der Waals surface area contributed by atoms with Crippen LogP contribution in [0.4, 0.5) is 0 Å². The van der Waals surface area contributed by atoms with Gasteiger partial charge in [-0.25, -0.2) is 0 Å². The Morgan fingerprint density at radius 2 is 2.29 bits per heavy atom. The molecule has 0 aliphatic heterocycles. The number of hydrogen-bond acceptors (Lipinski definition) is 1. The van der Waals surface area contributed by atoms with Gasteiger partial charge in [0.05, 0.1) is 16.6 Å². The van der Waals surface area contributed by atoms with Crippen molar-refractivity contribution in [3.63, 3.8) is 0 Å². The van der Waals surface area contributed by atoms with E-state index in [-0.39, 0.29) is 6.04 Å². The van der Waals surface area contributed by atoms with Gasteiger partial charge in [-0.1, -0.05) is 29.8 Å². The Morgan fingerprint density at radius 1 is 1.50 bits per heavy atom. The topological polar surface area (TPSA) is 41.8 Å². The molecule has 0 saturated heterocycles. The van der Waals surface area contributed by atoms with Crippen molar-refractivity contribution in [3.8, 4) is 0 Å². The third-order valence-electron chi connectivity index (χ3n) is 2.24. The van der Waals surface area contributed by atoms with Crippen molar-refractivity contribution in [2.24, 2.45) is 5.73 Å². The molecule has 2 aromatic rings. The van der Waals surface area contributed by atoms with E-state index in [2.05, 4.69) is 11.6 Å². The molecule has 0 bridgehead atoms. The zero-order valence-electron chi connectivity index (χ0n) is 7.63. The predicted octanol–water partition coefficient (Wildman–Crippen LogP) is 3.01. The molecule has 72 valence electrons. The summed E-state index contributed by atoms with van der Waals surface area (Å²) in [4.78, 5) is 3.19. The second kappa shape index (κ2) is 3.48. The molecular weight excluding hydrogens is 196 g/mol. The fraction of sp³-hybridized carbons (Fsp3) is 0.0909. The van der Waals surface area contributed by atoms with Crippen LogP contribution in [0.3, 0.4) is 0 Å². The molecule has 14 heavy (non-hydrogen) atoms. The average Bonchev–Trinajstić information content (AvgIpc) is 2.62. The third kappa shape index (κ3) is 1.43. The van der Waals surface area contributed by atoms with Crippen molar-refractivity contribution >= 4 is 22.5 Å². The van der Waals surface area contributed by atoms with E-state index < -0.39 is 0 Å². The van der Waals surface area contributed by atoms with Crippen LogP contribution in [0.5, 0.6) is 0 Å². The lowest BCUT2D eigenvalue weighted by Crippen LogP contribution is -2.06. The highest BCUT2D eigenvalue weighted by Crippen LogP contribution is 2.25. The fourth-order valence-corrected chi connectivity index (χ4v) is 1.68. The quantitative estimate of drug-likeness (QED) is 0.729. The van der Waals surface area contributed by atoms with Gasteiger partial charge in [0.15, 0.2) is 0 Å². The van der Waals surface area contributed by atoms with E-state index in [1.54, 1.807) is 6.08 Å². The minimum atomic E-state index is -0.168. The molecule has 1 aromatic carbocycles. The third-order valence-corrected chi connectivity index (χ3v) is 2.55. The number of rotatable bonds is 2. The highest BCUT2D eigenvalue weighted by Gasteiger charge is 2.07. The molecule has 3 heteroatoms. The lowest BCUT2D eigenvalue weighted by atomic mass is 10.2. The maximum absolute atomic E-state index is 6.02. The van der Waals surface area contributed by atoms with Crippen molar-refractivity contribution < 1.29 is 0 Å². The number of para-hydroxylation sites is 1. The van der Waals surface area contributed by atoms with Gasteiger partial charge in [-0.2, -0.15) is 0 Å². The van der Waals surface area contributed by atoms with Crippen LogP contribution in [-0.2, 0) is 0 Å². The maximum atomic E-state index is 6.02. The number of nitrogens with one attached hydrogen (secondary N) is 1. The first-order valence-corrected chi connectivity index (χ1v) is 4.75. The van der Waals surface area contributed by atoms with E-state index in [9.17, 15) is 0 Å². The summed E-state index contributed by atoms with van der Waals surface area (Å²) in [5.74, 6) is 0. The highest BCUT2D eigenvalue weighted by atomic mass is 35.5. The SMILES string of the molecule is C=CC(N)c1cc2cccc(Cl)c2[nH]1. The first-order chi connectivity index (χ1) is 6.72. The Bertz CT molecular complexity index is 473. The van der Waals surface area contributed by atoms with Gasteiger partial charge in [-0.05, 0) is 12.1 Å². The molecular formula is C11H11ClN2. The number of aromatic amines is 1. The average molecular weight is 207 g/mol. The molecule has 1 atom stereocenters. The van der Waals surface area contributed by atoms with Crippen molar-refractivity contribution in [2.75, 3.05) is 0 Å². The molecule has 0 radical (unpaired) electrons. The lowest BCUT2D eigenvalue weighted by Gasteiger charge is -2.00. The van der Waals surface area contributed by atoms with Crippen molar-refractivity contribution in [1.82, 2.24) is 4.98 Å². The number of nitrogens with two attached hydrogens (primary N) is 1. The molecule has 1 heterocycles. The molecule has 0 aliphatic carbocycles. The highest BCUT2D eigenvalue weighted by molar-refractivity contribution is 6.35. The van der Waals surface area contributed by atoms with Crippen LogP contribution in [-0.4, -0.2) is 4.98 Å². The largest absolute Gasteiger partial charge is 0.356 e. The maximum Gasteiger partial charge on any atom is 0.0647 e. The molecule has 0 saturated carbocycles. The lowest BCUT2D eigenvalue weighted by molar-refractivity contribution is 0.880. The summed E-state index contributed by atoms with van der Waals surface area (Å²) in [6.07, 6.45) is 1.69. The van der Waals surface area contributed by atoms with E-state index in [0.29, 0.717) is 5.02 Å². The van der Waals surface area contributed by atoms with E-state index in [1.807, 2.05) is 24.3 Å². The normalized spacial score (nSPS) is 13.0. The molecule has 0 aliphatic rings. The van der Waals surface area contributed by atoms with Crippen LogP contribution in [0, 0.1) is 0 Å². The van der Waals surface area contributed by atoms with Crippen molar-refractivity contribution in [1.29, 1.82) is 0 Å². The second-order valence-electron chi connectivity index (χ2n) is 3.19. The summed E-state index contributed by atoms with van der Waals surface area (Å²) in [6, 6.07) is 7.59. The predicted molar refractivity (Wildman–Crippen MR) is 60.4 cm³/mol. The molecule has 1 unspecified atom stereocenters. The minimum absolute atomic E-state index is 0.168. The Balaban J connectivity index is 2.62. The van der Waals surface area contributed by atoms with E-state index >= 15 is 0 Å². The molecule has 0 amide bonds. The summed E-state index contributed by atoms with van der Waals surface area (Å²) >= 11 is 6.02. The molecule has 3 N–H and O–H groups in total. The van der Waals surface area contributed by atoms with Gasteiger partial charge < -0.3 is 10.7 Å². The number of aromatic nitrogens is 1. The summed E-state index contributed by atoms with van der Waals surface area (Å²) in [7, 11) is 0. The Labute approximate surface area is 87.4 Å². The van der Waals surface area contributed by atoms with Gasteiger partial charge in [0.2, 0.25) is 0 Å². The molecule has 2 nitrogen and oxygen atoms in total.